The molecule has 1 aliphatic rings. The number of carbonyl (C=O) groups is 1. The molecule has 0 saturated heterocycles. The van der Waals surface area contributed by atoms with E-state index < -0.39 is 0 Å². The number of rotatable bonds is 1. The SMILES string of the molecule is COc1c(Br)cnc2c1CCCC2=O. The average Bonchev–Trinajstić information content (AvgIpc) is 2.18. The Morgan fingerprint density at radius 1 is 1.50 bits per heavy atom. The van der Waals surface area contributed by atoms with Gasteiger partial charge in [-0.2, -0.15) is 0 Å². The Hall–Kier alpha value is -0.900. The van der Waals surface area contributed by atoms with Gasteiger partial charge in [-0.1, -0.05) is 0 Å². The molecule has 1 aliphatic carbocycles. The highest BCUT2D eigenvalue weighted by molar-refractivity contribution is 9.10. The molecule has 1 aromatic heterocycles. The molecule has 2 rings (SSSR count). The van der Waals surface area contributed by atoms with Crippen molar-refractivity contribution < 1.29 is 9.53 Å². The summed E-state index contributed by atoms with van der Waals surface area (Å²) in [7, 11) is 1.61. The topological polar surface area (TPSA) is 39.2 Å². The van der Waals surface area contributed by atoms with Crippen molar-refractivity contribution in [2.45, 2.75) is 19.3 Å². The van der Waals surface area contributed by atoms with E-state index in [1.165, 1.54) is 0 Å². The summed E-state index contributed by atoms with van der Waals surface area (Å²) in [4.78, 5) is 15.7. The van der Waals surface area contributed by atoms with Crippen molar-refractivity contribution >= 4 is 21.7 Å². The summed E-state index contributed by atoms with van der Waals surface area (Å²) in [5.74, 6) is 0.875. The van der Waals surface area contributed by atoms with Crippen LogP contribution in [0, 0.1) is 0 Å². The van der Waals surface area contributed by atoms with Crippen LogP contribution in [0.3, 0.4) is 0 Å². The molecule has 0 saturated carbocycles. The Bertz CT molecular complexity index is 390. The number of hydrogen-bond acceptors (Lipinski definition) is 3. The molecule has 3 nitrogen and oxygen atoms in total. The lowest BCUT2D eigenvalue weighted by Crippen LogP contribution is -2.14. The molecule has 0 fully saturated rings. The third kappa shape index (κ3) is 1.43. The Morgan fingerprint density at radius 2 is 2.29 bits per heavy atom. The second kappa shape index (κ2) is 3.69. The fourth-order valence-electron chi connectivity index (χ4n) is 1.75. The minimum Gasteiger partial charge on any atom is -0.495 e. The first-order chi connectivity index (χ1) is 6.74. The van der Waals surface area contributed by atoms with Gasteiger partial charge in [0, 0.05) is 18.2 Å². The fraction of sp³-hybridized carbons (Fsp3) is 0.400. The Morgan fingerprint density at radius 3 is 3.00 bits per heavy atom. The van der Waals surface area contributed by atoms with Crippen LogP contribution in [0.4, 0.5) is 0 Å². The van der Waals surface area contributed by atoms with Crippen molar-refractivity contribution in [2.24, 2.45) is 0 Å². The molecule has 0 aliphatic heterocycles. The number of halogens is 1. The van der Waals surface area contributed by atoms with Crippen molar-refractivity contribution in [1.82, 2.24) is 4.98 Å². The van der Waals surface area contributed by atoms with Crippen LogP contribution in [-0.2, 0) is 6.42 Å². The zero-order valence-corrected chi connectivity index (χ0v) is 9.43. The summed E-state index contributed by atoms with van der Waals surface area (Å²) in [6, 6.07) is 0. The quantitative estimate of drug-likeness (QED) is 0.774. The summed E-state index contributed by atoms with van der Waals surface area (Å²) < 4.78 is 6.07. The lowest BCUT2D eigenvalue weighted by atomic mass is 9.94. The van der Waals surface area contributed by atoms with E-state index in [0.717, 1.165) is 28.6 Å². The van der Waals surface area contributed by atoms with Gasteiger partial charge in [0.05, 0.1) is 11.6 Å². The largest absolute Gasteiger partial charge is 0.495 e. The smallest absolute Gasteiger partial charge is 0.181 e. The van der Waals surface area contributed by atoms with Gasteiger partial charge in [0.1, 0.15) is 11.4 Å². The predicted octanol–water partition coefficient (Wildman–Crippen LogP) is 2.37. The summed E-state index contributed by atoms with van der Waals surface area (Å²) in [6.07, 6.45) is 3.99. The number of nitrogens with zero attached hydrogens (tertiary/aromatic N) is 1. The van der Waals surface area contributed by atoms with Crippen LogP contribution in [0.15, 0.2) is 10.7 Å². The molecular weight excluding hydrogens is 246 g/mol. The lowest BCUT2D eigenvalue weighted by molar-refractivity contribution is 0.0966. The molecule has 14 heavy (non-hydrogen) atoms. The maximum absolute atomic E-state index is 11.5. The standard InChI is InChI=1S/C10H10BrNO2/c1-14-10-6-3-2-4-8(13)9(6)12-5-7(10)11/h5H,2-4H2,1H3. The predicted molar refractivity (Wildman–Crippen MR) is 55.8 cm³/mol. The highest BCUT2D eigenvalue weighted by Crippen LogP contribution is 2.33. The van der Waals surface area contributed by atoms with E-state index in [4.69, 9.17) is 4.74 Å². The van der Waals surface area contributed by atoms with Gasteiger partial charge in [-0.25, -0.2) is 0 Å². The van der Waals surface area contributed by atoms with Gasteiger partial charge in [0.15, 0.2) is 5.78 Å². The maximum atomic E-state index is 11.5. The number of fused-ring (bicyclic) bond motifs is 1. The Balaban J connectivity index is 2.61. The Labute approximate surface area is 90.6 Å². The average molecular weight is 256 g/mol. The molecule has 0 amide bonds. The first-order valence-electron chi connectivity index (χ1n) is 4.48. The number of hydrogen-bond donors (Lipinski definition) is 0. The number of ketones is 1. The molecule has 1 aromatic rings. The summed E-state index contributed by atoms with van der Waals surface area (Å²) in [5, 5.41) is 0. The summed E-state index contributed by atoms with van der Waals surface area (Å²) in [6.45, 7) is 0. The molecule has 0 bridgehead atoms. The van der Waals surface area contributed by atoms with Crippen LogP contribution in [0.5, 0.6) is 5.75 Å². The second-order valence-corrected chi connectivity index (χ2v) is 4.10. The molecule has 4 heteroatoms. The second-order valence-electron chi connectivity index (χ2n) is 3.24. The zero-order valence-electron chi connectivity index (χ0n) is 7.84. The van der Waals surface area contributed by atoms with E-state index in [-0.39, 0.29) is 5.78 Å². The van der Waals surface area contributed by atoms with Crippen molar-refractivity contribution in [3.05, 3.63) is 21.9 Å². The third-order valence-electron chi connectivity index (χ3n) is 2.38. The van der Waals surface area contributed by atoms with Crippen molar-refractivity contribution in [2.75, 3.05) is 7.11 Å². The van der Waals surface area contributed by atoms with E-state index in [1.807, 2.05) is 0 Å². The Kier molecular flexibility index (Phi) is 2.54. The molecule has 74 valence electrons. The van der Waals surface area contributed by atoms with Crippen LogP contribution in [-0.4, -0.2) is 17.9 Å². The van der Waals surface area contributed by atoms with Crippen molar-refractivity contribution in [3.63, 3.8) is 0 Å². The van der Waals surface area contributed by atoms with Gasteiger partial charge in [-0.15, -0.1) is 0 Å². The molecule has 0 aromatic carbocycles. The first kappa shape index (κ1) is 9.65. The fourth-order valence-corrected chi connectivity index (χ4v) is 2.25. The minimum absolute atomic E-state index is 0.122. The number of pyridine rings is 1. The van der Waals surface area contributed by atoms with E-state index in [9.17, 15) is 4.79 Å². The highest BCUT2D eigenvalue weighted by Gasteiger charge is 2.23. The number of ether oxygens (including phenoxy) is 1. The van der Waals surface area contributed by atoms with Crippen LogP contribution in [0.25, 0.3) is 0 Å². The van der Waals surface area contributed by atoms with Gasteiger partial charge >= 0.3 is 0 Å². The first-order valence-corrected chi connectivity index (χ1v) is 5.28. The van der Waals surface area contributed by atoms with Crippen LogP contribution in [0.1, 0.15) is 28.9 Å². The summed E-state index contributed by atoms with van der Waals surface area (Å²) >= 11 is 3.36. The van der Waals surface area contributed by atoms with Crippen LogP contribution in [0.2, 0.25) is 0 Å². The van der Waals surface area contributed by atoms with Crippen LogP contribution < -0.4 is 4.74 Å². The van der Waals surface area contributed by atoms with Crippen LogP contribution >= 0.6 is 15.9 Å². The summed E-state index contributed by atoms with van der Waals surface area (Å²) in [5.41, 5.74) is 1.52. The van der Waals surface area contributed by atoms with Crippen molar-refractivity contribution in [3.8, 4) is 5.75 Å². The van der Waals surface area contributed by atoms with Gasteiger partial charge in [-0.3, -0.25) is 9.78 Å². The normalized spacial score (nSPS) is 15.1. The van der Waals surface area contributed by atoms with Crippen molar-refractivity contribution in [1.29, 1.82) is 0 Å². The maximum Gasteiger partial charge on any atom is 0.181 e. The molecule has 1 heterocycles. The van der Waals surface area contributed by atoms with Gasteiger partial charge in [-0.05, 0) is 28.8 Å². The number of aromatic nitrogens is 1. The van der Waals surface area contributed by atoms with E-state index in [2.05, 4.69) is 20.9 Å². The molecule has 0 N–H and O–H groups in total. The van der Waals surface area contributed by atoms with E-state index in [1.54, 1.807) is 13.3 Å². The monoisotopic (exact) mass is 255 g/mol. The van der Waals surface area contributed by atoms with Gasteiger partial charge in [0.25, 0.3) is 0 Å². The molecule has 0 radical (unpaired) electrons. The number of carbonyl (C=O) groups excluding carboxylic acids is 1. The van der Waals surface area contributed by atoms with Gasteiger partial charge < -0.3 is 4.74 Å². The minimum atomic E-state index is 0.122. The number of methoxy groups -OCH3 is 1. The van der Waals surface area contributed by atoms with E-state index >= 15 is 0 Å². The molecular formula is C10H10BrNO2. The van der Waals surface area contributed by atoms with Gasteiger partial charge in [0.2, 0.25) is 0 Å². The molecule has 0 spiro atoms. The zero-order chi connectivity index (χ0) is 10.1. The lowest BCUT2D eigenvalue weighted by Gasteiger charge is -2.17. The van der Waals surface area contributed by atoms with E-state index in [0.29, 0.717) is 12.1 Å². The number of Topliss-reactive ketones (excluding diaryl/α,β-unsaturated/α-hetero) is 1. The molecule has 0 atom stereocenters. The highest BCUT2D eigenvalue weighted by atomic mass is 79.9. The third-order valence-corrected chi connectivity index (χ3v) is 2.95. The molecule has 0 unspecified atom stereocenters.